The quantitative estimate of drug-likeness (QED) is 0.920. The van der Waals surface area contributed by atoms with Crippen LogP contribution in [0, 0.1) is 0 Å². The highest BCUT2D eigenvalue weighted by molar-refractivity contribution is 5.94. The van der Waals surface area contributed by atoms with Crippen LogP contribution in [0.3, 0.4) is 0 Å². The molecule has 0 atom stereocenters. The zero-order chi connectivity index (χ0) is 15.5. The van der Waals surface area contributed by atoms with E-state index in [0.717, 1.165) is 12.8 Å². The van der Waals surface area contributed by atoms with Crippen molar-refractivity contribution in [3.63, 3.8) is 0 Å². The van der Waals surface area contributed by atoms with E-state index >= 15 is 0 Å². The number of likely N-dealkylation sites (tertiary alicyclic amines) is 1. The van der Waals surface area contributed by atoms with Gasteiger partial charge < -0.3 is 15.4 Å². The topological polar surface area (TPSA) is 68.5 Å². The fourth-order valence-electron chi connectivity index (χ4n) is 2.03. The Kier molecular flexibility index (Phi) is 4.66. The number of carbonyl (C=O) groups is 1. The number of nitrogens with two attached hydrogens (primary N) is 1. The summed E-state index contributed by atoms with van der Waals surface area (Å²) in [6, 6.07) is 2.79. The van der Waals surface area contributed by atoms with Gasteiger partial charge in [0.2, 0.25) is 5.88 Å². The van der Waals surface area contributed by atoms with Gasteiger partial charge in [-0.2, -0.15) is 13.2 Å². The van der Waals surface area contributed by atoms with Gasteiger partial charge in [0.1, 0.15) is 0 Å². The molecule has 2 rings (SSSR count). The first-order valence-electron chi connectivity index (χ1n) is 6.55. The number of ether oxygens (including phenoxy) is 1. The molecule has 116 valence electrons. The third kappa shape index (κ3) is 4.59. The molecule has 0 bridgehead atoms. The highest BCUT2D eigenvalue weighted by Gasteiger charge is 2.28. The fraction of sp³-hybridized carbons (Fsp3) is 0.538. The molecule has 2 N–H and O–H groups in total. The Labute approximate surface area is 119 Å². The van der Waals surface area contributed by atoms with E-state index < -0.39 is 12.8 Å². The number of carbonyl (C=O) groups excluding carboxylic acids is 1. The van der Waals surface area contributed by atoms with Crippen LogP contribution in [-0.2, 0) is 0 Å². The highest BCUT2D eigenvalue weighted by atomic mass is 19.4. The minimum Gasteiger partial charge on any atom is -0.468 e. The average Bonchev–Trinajstić information content (AvgIpc) is 2.45. The Hall–Kier alpha value is -1.83. The van der Waals surface area contributed by atoms with Crippen LogP contribution >= 0.6 is 0 Å². The summed E-state index contributed by atoms with van der Waals surface area (Å²) >= 11 is 0. The molecule has 1 fully saturated rings. The zero-order valence-electron chi connectivity index (χ0n) is 11.3. The Bertz CT molecular complexity index is 482. The summed E-state index contributed by atoms with van der Waals surface area (Å²) in [5.41, 5.74) is 6.09. The molecule has 21 heavy (non-hydrogen) atoms. The smallest absolute Gasteiger partial charge is 0.422 e. The molecule has 0 spiro atoms. The Balaban J connectivity index is 1.93. The van der Waals surface area contributed by atoms with Crippen LogP contribution < -0.4 is 10.5 Å². The van der Waals surface area contributed by atoms with E-state index in [1.54, 1.807) is 4.90 Å². The van der Waals surface area contributed by atoms with Gasteiger partial charge in [0.25, 0.3) is 5.91 Å². The molecule has 5 nitrogen and oxygen atoms in total. The first-order valence-corrected chi connectivity index (χ1v) is 6.55. The monoisotopic (exact) mass is 303 g/mol. The molecule has 1 aliphatic rings. The molecule has 1 aliphatic heterocycles. The van der Waals surface area contributed by atoms with Crippen molar-refractivity contribution < 1.29 is 22.7 Å². The molecule has 8 heteroatoms. The predicted molar refractivity (Wildman–Crippen MR) is 68.9 cm³/mol. The summed E-state index contributed by atoms with van der Waals surface area (Å²) in [7, 11) is 0. The molecule has 0 aromatic carbocycles. The van der Waals surface area contributed by atoms with Crippen molar-refractivity contribution in [2.45, 2.75) is 25.1 Å². The molecular weight excluding hydrogens is 287 g/mol. The highest BCUT2D eigenvalue weighted by Crippen LogP contribution is 2.18. The van der Waals surface area contributed by atoms with Crippen molar-refractivity contribution in [1.29, 1.82) is 0 Å². The number of rotatable bonds is 3. The lowest BCUT2D eigenvalue weighted by atomic mass is 10.1. The number of nitrogens with zero attached hydrogens (tertiary/aromatic N) is 2. The first kappa shape index (κ1) is 15.6. The average molecular weight is 303 g/mol. The van der Waals surface area contributed by atoms with Crippen LogP contribution in [0.1, 0.15) is 23.2 Å². The van der Waals surface area contributed by atoms with Gasteiger partial charge in [0.05, 0.1) is 5.56 Å². The van der Waals surface area contributed by atoms with E-state index in [1.807, 2.05) is 0 Å². The van der Waals surface area contributed by atoms with E-state index in [0.29, 0.717) is 18.7 Å². The van der Waals surface area contributed by atoms with Crippen LogP contribution in [0.5, 0.6) is 5.88 Å². The summed E-state index contributed by atoms with van der Waals surface area (Å²) in [4.78, 5) is 17.5. The molecule has 1 amide bonds. The first-order chi connectivity index (χ1) is 9.85. The number of amides is 1. The SMILES string of the molecule is NC1CCN(C(=O)c2ccc(OCC(F)(F)F)nc2)CC1. The van der Waals surface area contributed by atoms with E-state index in [9.17, 15) is 18.0 Å². The molecule has 0 aliphatic carbocycles. The van der Waals surface area contributed by atoms with Gasteiger partial charge >= 0.3 is 6.18 Å². The molecule has 1 aromatic rings. The minimum atomic E-state index is -4.41. The van der Waals surface area contributed by atoms with E-state index in [4.69, 9.17) is 5.73 Å². The Morgan fingerprint density at radius 3 is 2.57 bits per heavy atom. The third-order valence-corrected chi connectivity index (χ3v) is 3.19. The second-order valence-electron chi connectivity index (χ2n) is 4.92. The summed E-state index contributed by atoms with van der Waals surface area (Å²) in [6.07, 6.45) is -1.71. The van der Waals surface area contributed by atoms with Crippen LogP contribution in [0.2, 0.25) is 0 Å². The van der Waals surface area contributed by atoms with Crippen molar-refractivity contribution in [3.8, 4) is 5.88 Å². The minimum absolute atomic E-state index is 0.116. The van der Waals surface area contributed by atoms with Crippen LogP contribution in [-0.4, -0.2) is 47.7 Å². The standard InChI is InChI=1S/C13H16F3N3O2/c14-13(15,16)8-21-11-2-1-9(7-18-11)12(20)19-5-3-10(17)4-6-19/h1-2,7,10H,3-6,8,17H2. The Morgan fingerprint density at radius 1 is 1.38 bits per heavy atom. The lowest BCUT2D eigenvalue weighted by Gasteiger charge is -2.30. The molecule has 0 radical (unpaired) electrons. The van der Waals surface area contributed by atoms with Crippen LogP contribution in [0.15, 0.2) is 18.3 Å². The van der Waals surface area contributed by atoms with Crippen molar-refractivity contribution >= 4 is 5.91 Å². The van der Waals surface area contributed by atoms with Crippen LogP contribution in [0.25, 0.3) is 0 Å². The molecular formula is C13H16F3N3O2. The number of pyridine rings is 1. The van der Waals surface area contributed by atoms with Gasteiger partial charge in [-0.15, -0.1) is 0 Å². The summed E-state index contributed by atoms with van der Waals surface area (Å²) < 4.78 is 40.5. The van der Waals surface area contributed by atoms with E-state index in [1.165, 1.54) is 18.3 Å². The van der Waals surface area contributed by atoms with Gasteiger partial charge in [-0.05, 0) is 18.9 Å². The summed E-state index contributed by atoms with van der Waals surface area (Å²) in [6.45, 7) is -0.254. The Morgan fingerprint density at radius 2 is 2.05 bits per heavy atom. The third-order valence-electron chi connectivity index (χ3n) is 3.19. The van der Waals surface area contributed by atoms with Crippen LogP contribution in [0.4, 0.5) is 13.2 Å². The molecule has 0 unspecified atom stereocenters. The van der Waals surface area contributed by atoms with Gasteiger partial charge in [-0.25, -0.2) is 4.98 Å². The van der Waals surface area contributed by atoms with Gasteiger partial charge in [0, 0.05) is 31.4 Å². The zero-order valence-corrected chi connectivity index (χ0v) is 11.3. The maximum Gasteiger partial charge on any atom is 0.422 e. The number of halogens is 3. The lowest BCUT2D eigenvalue weighted by molar-refractivity contribution is -0.154. The molecule has 1 aromatic heterocycles. The van der Waals surface area contributed by atoms with Gasteiger partial charge in [-0.1, -0.05) is 0 Å². The van der Waals surface area contributed by atoms with Crippen molar-refractivity contribution in [2.75, 3.05) is 19.7 Å². The largest absolute Gasteiger partial charge is 0.468 e. The number of hydrogen-bond donors (Lipinski definition) is 1. The number of aromatic nitrogens is 1. The summed E-state index contributed by atoms with van der Waals surface area (Å²) in [5.74, 6) is -0.360. The van der Waals surface area contributed by atoms with E-state index in [2.05, 4.69) is 9.72 Å². The molecule has 2 heterocycles. The number of alkyl halides is 3. The fourth-order valence-corrected chi connectivity index (χ4v) is 2.03. The van der Waals surface area contributed by atoms with Crippen molar-refractivity contribution in [2.24, 2.45) is 5.73 Å². The maximum atomic E-state index is 12.2. The van der Waals surface area contributed by atoms with Gasteiger partial charge in [0.15, 0.2) is 6.61 Å². The summed E-state index contributed by atoms with van der Waals surface area (Å²) in [5, 5.41) is 0. The van der Waals surface area contributed by atoms with Crippen molar-refractivity contribution in [1.82, 2.24) is 9.88 Å². The normalized spacial score (nSPS) is 16.9. The lowest BCUT2D eigenvalue weighted by Crippen LogP contribution is -2.42. The predicted octanol–water partition coefficient (Wildman–Crippen LogP) is 1.59. The second kappa shape index (κ2) is 6.30. The van der Waals surface area contributed by atoms with Gasteiger partial charge in [-0.3, -0.25) is 4.79 Å². The molecule has 0 saturated carbocycles. The van der Waals surface area contributed by atoms with Crippen molar-refractivity contribution in [3.05, 3.63) is 23.9 Å². The van der Waals surface area contributed by atoms with E-state index in [-0.39, 0.29) is 17.8 Å². The second-order valence-corrected chi connectivity index (χ2v) is 4.92. The number of piperidine rings is 1. The maximum absolute atomic E-state index is 12.2. The molecule has 1 saturated heterocycles. The number of hydrogen-bond acceptors (Lipinski definition) is 4.